The second kappa shape index (κ2) is 5.09. The van der Waals surface area contributed by atoms with Crippen molar-refractivity contribution in [3.05, 3.63) is 58.7 Å². The molecule has 1 saturated heterocycles. The van der Waals surface area contributed by atoms with Gasteiger partial charge in [0, 0.05) is 42.9 Å². The van der Waals surface area contributed by atoms with Crippen molar-refractivity contribution in [3.63, 3.8) is 0 Å². The fraction of sp³-hybridized carbons (Fsp3) is 0.412. The molecule has 2 aliphatic heterocycles. The summed E-state index contributed by atoms with van der Waals surface area (Å²) in [5.74, 6) is -0.226. The number of rotatable bonds is 2. The number of fused-ring (bicyclic) bond motifs is 4. The van der Waals surface area contributed by atoms with Crippen molar-refractivity contribution in [1.82, 2.24) is 14.9 Å². The van der Waals surface area contributed by atoms with Crippen LogP contribution in [0.3, 0.4) is 0 Å². The van der Waals surface area contributed by atoms with Gasteiger partial charge in [0.25, 0.3) is 0 Å². The van der Waals surface area contributed by atoms with E-state index in [1.54, 1.807) is 0 Å². The third-order valence-electron chi connectivity index (χ3n) is 4.74. The van der Waals surface area contributed by atoms with E-state index in [0.29, 0.717) is 18.2 Å². The van der Waals surface area contributed by atoms with Gasteiger partial charge in [0.2, 0.25) is 0 Å². The van der Waals surface area contributed by atoms with E-state index in [9.17, 15) is 8.78 Å². The molecule has 2 atom stereocenters. The lowest BCUT2D eigenvalue weighted by atomic mass is 9.98. The molecule has 2 aromatic rings. The second-order valence-corrected chi connectivity index (χ2v) is 6.22. The Morgan fingerprint density at radius 1 is 1.18 bits per heavy atom. The van der Waals surface area contributed by atoms with Gasteiger partial charge in [-0.25, -0.2) is 18.7 Å². The van der Waals surface area contributed by atoms with Crippen LogP contribution in [0.1, 0.15) is 41.5 Å². The molecule has 2 aliphatic rings. The molecule has 114 valence electrons. The van der Waals surface area contributed by atoms with Gasteiger partial charge in [0.05, 0.1) is 5.69 Å². The van der Waals surface area contributed by atoms with Crippen LogP contribution in [0.2, 0.25) is 0 Å². The Morgan fingerprint density at radius 2 is 1.95 bits per heavy atom. The molecule has 0 radical (unpaired) electrons. The first kappa shape index (κ1) is 13.8. The zero-order valence-corrected chi connectivity index (χ0v) is 12.4. The van der Waals surface area contributed by atoms with Crippen molar-refractivity contribution in [2.24, 2.45) is 0 Å². The lowest BCUT2D eigenvalue weighted by Gasteiger charge is -2.35. The van der Waals surface area contributed by atoms with Crippen molar-refractivity contribution < 1.29 is 8.78 Å². The number of hydrogen-bond acceptors (Lipinski definition) is 3. The normalized spacial score (nSPS) is 23.6. The summed E-state index contributed by atoms with van der Waals surface area (Å²) in [6.45, 7) is 2.47. The molecule has 22 heavy (non-hydrogen) atoms. The molecule has 4 rings (SSSR count). The van der Waals surface area contributed by atoms with Gasteiger partial charge < -0.3 is 0 Å². The molecule has 2 bridgehead atoms. The highest BCUT2D eigenvalue weighted by Crippen LogP contribution is 2.43. The quantitative estimate of drug-likeness (QED) is 0.852. The van der Waals surface area contributed by atoms with Gasteiger partial charge >= 0.3 is 0 Å². The number of aromatic nitrogens is 2. The molecular formula is C17H17F2N3. The van der Waals surface area contributed by atoms with Gasteiger partial charge in [0.1, 0.15) is 17.5 Å². The highest BCUT2D eigenvalue weighted by molar-refractivity contribution is 5.29. The van der Waals surface area contributed by atoms with Crippen LogP contribution in [-0.4, -0.2) is 20.9 Å². The molecule has 1 aromatic heterocycles. The van der Waals surface area contributed by atoms with Crippen LogP contribution in [0.25, 0.3) is 0 Å². The highest BCUT2D eigenvalue weighted by atomic mass is 19.1. The topological polar surface area (TPSA) is 29.0 Å². The zero-order chi connectivity index (χ0) is 15.3. The van der Waals surface area contributed by atoms with E-state index in [-0.39, 0.29) is 6.04 Å². The van der Waals surface area contributed by atoms with Crippen LogP contribution in [-0.2, 0) is 13.0 Å². The van der Waals surface area contributed by atoms with E-state index in [1.165, 1.54) is 17.7 Å². The summed E-state index contributed by atoms with van der Waals surface area (Å²) in [6.07, 6.45) is 4.97. The monoisotopic (exact) mass is 301 g/mol. The van der Waals surface area contributed by atoms with E-state index < -0.39 is 11.6 Å². The average molecular weight is 301 g/mol. The summed E-state index contributed by atoms with van der Waals surface area (Å²) in [5, 5.41) is 0. The molecule has 3 nitrogen and oxygen atoms in total. The van der Waals surface area contributed by atoms with Crippen LogP contribution < -0.4 is 0 Å². The molecule has 0 amide bonds. The van der Waals surface area contributed by atoms with Gasteiger partial charge in [0.15, 0.2) is 0 Å². The zero-order valence-electron chi connectivity index (χ0n) is 12.4. The Morgan fingerprint density at radius 3 is 2.73 bits per heavy atom. The first-order valence-corrected chi connectivity index (χ1v) is 7.63. The molecular weight excluding hydrogens is 284 g/mol. The molecule has 0 N–H and O–H groups in total. The summed E-state index contributed by atoms with van der Waals surface area (Å²) < 4.78 is 26.8. The van der Waals surface area contributed by atoms with Crippen LogP contribution in [0.5, 0.6) is 0 Å². The van der Waals surface area contributed by atoms with Crippen molar-refractivity contribution in [2.75, 3.05) is 0 Å². The third kappa shape index (κ3) is 2.29. The van der Waals surface area contributed by atoms with E-state index in [2.05, 4.69) is 14.9 Å². The smallest absolute Gasteiger partial charge is 0.126 e. The van der Waals surface area contributed by atoms with E-state index in [4.69, 9.17) is 0 Å². The number of halogens is 2. The van der Waals surface area contributed by atoms with Gasteiger partial charge in [-0.2, -0.15) is 0 Å². The maximum absolute atomic E-state index is 13.4. The third-order valence-corrected chi connectivity index (χ3v) is 4.74. The first-order valence-electron chi connectivity index (χ1n) is 7.63. The summed E-state index contributed by atoms with van der Waals surface area (Å²) in [7, 11) is 0. The molecule has 1 fully saturated rings. The Balaban J connectivity index is 1.65. The molecule has 3 heterocycles. The number of aryl methyl sites for hydroxylation is 1. The molecule has 0 spiro atoms. The second-order valence-electron chi connectivity index (χ2n) is 6.22. The van der Waals surface area contributed by atoms with Crippen molar-refractivity contribution in [1.29, 1.82) is 0 Å². The summed E-state index contributed by atoms with van der Waals surface area (Å²) in [4.78, 5) is 11.2. The predicted octanol–water partition coefficient (Wildman–Crippen LogP) is 3.33. The largest absolute Gasteiger partial charge is 0.289 e. The van der Waals surface area contributed by atoms with Crippen LogP contribution >= 0.6 is 0 Å². The van der Waals surface area contributed by atoms with Gasteiger partial charge in [-0.05, 0) is 37.5 Å². The number of hydrogen-bond donors (Lipinski definition) is 0. The summed E-state index contributed by atoms with van der Waals surface area (Å²) >= 11 is 0. The standard InChI is InChI=1S/C17H17F2N3/c1-10-20-8-15-16(21-10)7-14-2-3-17(15)22(14)9-11-4-12(18)6-13(19)5-11/h4-6,8,14,17H,2-3,7,9H2,1H3/t14-,17-/m1/s1. The molecule has 1 aromatic carbocycles. The van der Waals surface area contributed by atoms with Crippen LogP contribution in [0, 0.1) is 18.6 Å². The molecule has 0 saturated carbocycles. The molecule has 0 unspecified atom stereocenters. The van der Waals surface area contributed by atoms with Crippen molar-refractivity contribution >= 4 is 0 Å². The Kier molecular flexibility index (Phi) is 3.18. The minimum atomic E-state index is -0.515. The lowest BCUT2D eigenvalue weighted by molar-refractivity contribution is 0.165. The van der Waals surface area contributed by atoms with E-state index >= 15 is 0 Å². The van der Waals surface area contributed by atoms with Gasteiger partial charge in [-0.1, -0.05) is 0 Å². The molecule has 5 heteroatoms. The summed E-state index contributed by atoms with van der Waals surface area (Å²) in [6, 6.07) is 4.42. The number of benzene rings is 1. The van der Waals surface area contributed by atoms with Gasteiger partial charge in [-0.15, -0.1) is 0 Å². The molecule has 0 aliphatic carbocycles. The van der Waals surface area contributed by atoms with E-state index in [1.807, 2.05) is 13.1 Å². The Labute approximate surface area is 128 Å². The highest BCUT2D eigenvalue weighted by Gasteiger charge is 2.40. The van der Waals surface area contributed by atoms with Crippen molar-refractivity contribution in [3.8, 4) is 0 Å². The maximum atomic E-state index is 13.4. The number of nitrogens with zero attached hydrogens (tertiary/aromatic N) is 3. The predicted molar refractivity (Wildman–Crippen MR) is 78.1 cm³/mol. The first-order chi connectivity index (χ1) is 10.6. The summed E-state index contributed by atoms with van der Waals surface area (Å²) in [5.41, 5.74) is 3.00. The van der Waals surface area contributed by atoms with Gasteiger partial charge in [-0.3, -0.25) is 4.90 Å². The van der Waals surface area contributed by atoms with Crippen LogP contribution in [0.4, 0.5) is 8.78 Å². The van der Waals surface area contributed by atoms with Crippen LogP contribution in [0.15, 0.2) is 24.4 Å². The lowest BCUT2D eigenvalue weighted by Crippen LogP contribution is -2.37. The minimum Gasteiger partial charge on any atom is -0.289 e. The average Bonchev–Trinajstić information content (AvgIpc) is 2.72. The Hall–Kier alpha value is -1.88. The minimum absolute atomic E-state index is 0.265. The Bertz CT molecular complexity index is 712. The van der Waals surface area contributed by atoms with E-state index in [0.717, 1.165) is 36.8 Å². The fourth-order valence-electron chi connectivity index (χ4n) is 3.83. The maximum Gasteiger partial charge on any atom is 0.126 e. The fourth-order valence-corrected chi connectivity index (χ4v) is 3.83. The van der Waals surface area contributed by atoms with Crippen molar-refractivity contribution in [2.45, 2.75) is 44.8 Å². The SMILES string of the molecule is Cc1ncc2c(n1)C[C@H]1CC[C@H]2N1Cc1cc(F)cc(F)c1.